The number of aldehydes is 1. The van der Waals surface area contributed by atoms with Crippen LogP contribution in [-0.2, 0) is 6.54 Å². The fourth-order valence-corrected chi connectivity index (χ4v) is 3.79. The van der Waals surface area contributed by atoms with Gasteiger partial charge >= 0.3 is 0 Å². The average Bonchev–Trinajstić information content (AvgIpc) is 3.14. The van der Waals surface area contributed by atoms with E-state index in [2.05, 4.69) is 15.0 Å². The summed E-state index contributed by atoms with van der Waals surface area (Å²) in [5, 5.41) is 0.114. The number of aromatic nitrogens is 4. The fourth-order valence-electron chi connectivity index (χ4n) is 3.57. The van der Waals surface area contributed by atoms with E-state index in [0.29, 0.717) is 41.3 Å². The number of hydrogen-bond donors (Lipinski definition) is 0. The van der Waals surface area contributed by atoms with Crippen molar-refractivity contribution in [2.45, 2.75) is 13.5 Å². The number of fused-ring (bicyclic) bond motifs is 1. The number of ether oxygens (including phenoxy) is 3. The lowest BCUT2D eigenvalue weighted by Gasteiger charge is -2.13. The van der Waals surface area contributed by atoms with E-state index in [1.54, 1.807) is 27.2 Å². The number of halogens is 2. The number of benzene rings is 2. The van der Waals surface area contributed by atoms with Gasteiger partial charge in [-0.05, 0) is 31.2 Å². The van der Waals surface area contributed by atoms with Gasteiger partial charge in [0.1, 0.15) is 28.5 Å². The normalized spacial score (nSPS) is 11.0. The number of carbonyl (C=O) groups is 1. The summed E-state index contributed by atoms with van der Waals surface area (Å²) in [6.07, 6.45) is 0.573. The van der Waals surface area contributed by atoms with Gasteiger partial charge in [0.2, 0.25) is 0 Å². The van der Waals surface area contributed by atoms with Gasteiger partial charge in [-0.15, -0.1) is 0 Å². The molecule has 0 unspecified atom stereocenters. The van der Waals surface area contributed by atoms with E-state index in [0.717, 1.165) is 5.56 Å². The maximum Gasteiger partial charge on any atom is 0.177 e. The number of aryl methyl sites for hydroxylation is 1. The molecule has 0 amide bonds. The monoisotopic (exact) mass is 470 g/mol. The first-order valence-corrected chi connectivity index (χ1v) is 10.2. The van der Waals surface area contributed by atoms with E-state index in [-0.39, 0.29) is 27.9 Å². The highest BCUT2D eigenvalue weighted by molar-refractivity contribution is 6.32. The molecule has 0 spiro atoms. The molecule has 0 atom stereocenters. The van der Waals surface area contributed by atoms with Gasteiger partial charge in [0, 0.05) is 11.6 Å². The first-order chi connectivity index (χ1) is 15.9. The predicted octanol–water partition coefficient (Wildman–Crippen LogP) is 4.48. The predicted molar refractivity (Wildman–Crippen MR) is 121 cm³/mol. The van der Waals surface area contributed by atoms with E-state index < -0.39 is 5.82 Å². The van der Waals surface area contributed by atoms with Crippen molar-refractivity contribution in [1.82, 2.24) is 19.5 Å². The first-order valence-electron chi connectivity index (χ1n) is 9.85. The van der Waals surface area contributed by atoms with Crippen LogP contribution in [0.3, 0.4) is 0 Å². The molecule has 4 rings (SSSR count). The Labute approximate surface area is 193 Å². The fraction of sp³-hybridized carbons (Fsp3) is 0.217. The summed E-state index contributed by atoms with van der Waals surface area (Å²) in [7, 11) is 4.46. The Kier molecular flexibility index (Phi) is 6.15. The van der Waals surface area contributed by atoms with Crippen LogP contribution in [0, 0.1) is 12.7 Å². The molecular weight excluding hydrogens is 451 g/mol. The minimum absolute atomic E-state index is 0.0138. The van der Waals surface area contributed by atoms with Crippen LogP contribution in [0.5, 0.6) is 17.2 Å². The molecule has 10 heteroatoms. The molecule has 0 radical (unpaired) electrons. The zero-order valence-electron chi connectivity index (χ0n) is 18.3. The van der Waals surface area contributed by atoms with E-state index in [9.17, 15) is 4.79 Å². The molecule has 0 N–H and O–H groups in total. The van der Waals surface area contributed by atoms with Crippen molar-refractivity contribution in [3.8, 4) is 28.6 Å². The summed E-state index contributed by atoms with van der Waals surface area (Å²) in [6, 6.07) is 8.39. The van der Waals surface area contributed by atoms with Crippen LogP contribution in [0.1, 0.15) is 21.9 Å². The lowest BCUT2D eigenvalue weighted by Crippen LogP contribution is -2.06. The highest BCUT2D eigenvalue weighted by Crippen LogP contribution is 2.34. The summed E-state index contributed by atoms with van der Waals surface area (Å²) in [5.74, 6) is 1.04. The van der Waals surface area contributed by atoms with Crippen molar-refractivity contribution in [1.29, 1.82) is 0 Å². The third-order valence-electron chi connectivity index (χ3n) is 5.24. The van der Waals surface area contributed by atoms with Crippen LogP contribution in [0.2, 0.25) is 5.02 Å². The van der Waals surface area contributed by atoms with Gasteiger partial charge in [0.05, 0.1) is 38.5 Å². The number of rotatable bonds is 7. The molecule has 0 saturated heterocycles. The molecule has 8 nitrogen and oxygen atoms in total. The standard InChI is InChI=1S/C23H20ClFN4O4/c1-12-26-20-17(11-30)27-22(15-7-8-16(24)21(33-4)19(15)25)28-23(20)29(12)10-13-5-6-14(31-2)9-18(13)32-3/h5-9,11H,10H2,1-4H3. The topological polar surface area (TPSA) is 88.4 Å². The molecule has 0 saturated carbocycles. The molecule has 33 heavy (non-hydrogen) atoms. The Morgan fingerprint density at radius 3 is 2.52 bits per heavy atom. The second-order valence-electron chi connectivity index (χ2n) is 7.09. The van der Waals surface area contributed by atoms with Crippen LogP contribution in [0.25, 0.3) is 22.6 Å². The third kappa shape index (κ3) is 3.95. The minimum atomic E-state index is -0.721. The largest absolute Gasteiger partial charge is 0.497 e. The Bertz CT molecular complexity index is 1370. The van der Waals surface area contributed by atoms with Gasteiger partial charge in [-0.3, -0.25) is 4.79 Å². The quantitative estimate of drug-likeness (QED) is 0.368. The second kappa shape index (κ2) is 9.03. The molecule has 2 heterocycles. The molecular formula is C23H20ClFN4O4. The summed E-state index contributed by atoms with van der Waals surface area (Å²) < 4.78 is 32.7. The van der Waals surface area contributed by atoms with Crippen LogP contribution >= 0.6 is 11.6 Å². The van der Waals surface area contributed by atoms with Gasteiger partial charge < -0.3 is 18.8 Å². The maximum atomic E-state index is 15.0. The van der Waals surface area contributed by atoms with Crippen LogP contribution < -0.4 is 14.2 Å². The maximum absolute atomic E-state index is 15.0. The van der Waals surface area contributed by atoms with Gasteiger partial charge in [-0.2, -0.15) is 0 Å². The summed E-state index contributed by atoms with van der Waals surface area (Å²) >= 11 is 6.01. The van der Waals surface area contributed by atoms with Crippen molar-refractivity contribution in [3.05, 3.63) is 58.3 Å². The smallest absolute Gasteiger partial charge is 0.177 e. The molecule has 0 aliphatic heterocycles. The molecule has 4 aromatic rings. The van der Waals surface area contributed by atoms with Crippen molar-refractivity contribution in [2.24, 2.45) is 0 Å². The lowest BCUT2D eigenvalue weighted by molar-refractivity contribution is 0.112. The summed E-state index contributed by atoms with van der Waals surface area (Å²) in [6.45, 7) is 2.13. The van der Waals surface area contributed by atoms with Gasteiger partial charge in [0.15, 0.2) is 29.3 Å². The highest BCUT2D eigenvalue weighted by Gasteiger charge is 2.21. The molecule has 170 valence electrons. The summed E-state index contributed by atoms with van der Waals surface area (Å²) in [4.78, 5) is 25.1. The molecule has 0 aliphatic rings. The zero-order chi connectivity index (χ0) is 23.7. The number of carbonyl (C=O) groups excluding carboxylic acids is 1. The molecule has 2 aromatic carbocycles. The van der Waals surface area contributed by atoms with E-state index in [4.69, 9.17) is 25.8 Å². The number of hydrogen-bond acceptors (Lipinski definition) is 7. The Morgan fingerprint density at radius 2 is 1.85 bits per heavy atom. The SMILES string of the molecule is COc1ccc(Cn2c(C)nc3c(C=O)nc(-c4ccc(Cl)c(OC)c4F)nc32)c(OC)c1. The van der Waals surface area contributed by atoms with Crippen molar-refractivity contribution >= 4 is 29.1 Å². The van der Waals surface area contributed by atoms with E-state index in [1.807, 2.05) is 16.7 Å². The van der Waals surface area contributed by atoms with Crippen molar-refractivity contribution in [2.75, 3.05) is 21.3 Å². The Balaban J connectivity index is 1.90. The molecule has 2 aromatic heterocycles. The van der Waals surface area contributed by atoms with Crippen LogP contribution in [-0.4, -0.2) is 47.1 Å². The van der Waals surface area contributed by atoms with Gasteiger partial charge in [0.25, 0.3) is 0 Å². The number of imidazole rings is 1. The third-order valence-corrected chi connectivity index (χ3v) is 5.54. The minimum Gasteiger partial charge on any atom is -0.497 e. The average molecular weight is 471 g/mol. The molecule has 0 fully saturated rings. The molecule has 0 bridgehead atoms. The second-order valence-corrected chi connectivity index (χ2v) is 7.49. The van der Waals surface area contributed by atoms with Crippen molar-refractivity contribution < 1.29 is 23.4 Å². The number of nitrogens with zero attached hydrogens (tertiary/aromatic N) is 4. The number of methoxy groups -OCH3 is 3. The van der Waals surface area contributed by atoms with Crippen LogP contribution in [0.15, 0.2) is 30.3 Å². The Hall–Kier alpha value is -3.72. The highest BCUT2D eigenvalue weighted by atomic mass is 35.5. The van der Waals surface area contributed by atoms with Gasteiger partial charge in [-0.1, -0.05) is 11.6 Å². The van der Waals surface area contributed by atoms with Crippen LogP contribution in [0.4, 0.5) is 4.39 Å². The van der Waals surface area contributed by atoms with E-state index >= 15 is 4.39 Å². The van der Waals surface area contributed by atoms with Gasteiger partial charge in [-0.25, -0.2) is 19.3 Å². The van der Waals surface area contributed by atoms with Crippen molar-refractivity contribution in [3.63, 3.8) is 0 Å². The lowest BCUT2D eigenvalue weighted by atomic mass is 10.1. The molecule has 0 aliphatic carbocycles. The van der Waals surface area contributed by atoms with E-state index in [1.165, 1.54) is 19.2 Å². The Morgan fingerprint density at radius 1 is 1.06 bits per heavy atom. The zero-order valence-corrected chi connectivity index (χ0v) is 19.1. The first kappa shape index (κ1) is 22.5. The summed E-state index contributed by atoms with van der Waals surface area (Å²) in [5.41, 5.74) is 1.64.